The van der Waals surface area contributed by atoms with Gasteiger partial charge in [-0.25, -0.2) is 4.79 Å². The average Bonchev–Trinajstić information content (AvgIpc) is 2.50. The van der Waals surface area contributed by atoms with Crippen LogP contribution in [0.25, 0.3) is 0 Å². The summed E-state index contributed by atoms with van der Waals surface area (Å²) in [6.07, 6.45) is -0.536. The number of nitrogens with one attached hydrogen (secondary N) is 1. The summed E-state index contributed by atoms with van der Waals surface area (Å²) in [6, 6.07) is 10.8. The standard InChI is InChI=1S/C18H16ClNO3/c1-10-3-4-11(2)15(7-10)20-17(21)16-9-12-8-13(19)5-6-14(12)18(22)23-16/h3-8,16H,9H2,1-2H3,(H,20,21). The molecular formula is C18H16ClNO3. The molecule has 1 heterocycles. The Kier molecular flexibility index (Phi) is 4.09. The number of cyclic esters (lactones) is 1. The number of benzene rings is 2. The number of rotatable bonds is 2. The maximum atomic E-state index is 12.4. The Bertz CT molecular complexity index is 801. The second-order valence-corrected chi connectivity index (χ2v) is 6.14. The topological polar surface area (TPSA) is 55.4 Å². The Morgan fingerprint density at radius 3 is 2.78 bits per heavy atom. The molecule has 2 aromatic rings. The lowest BCUT2D eigenvalue weighted by Crippen LogP contribution is -2.38. The van der Waals surface area contributed by atoms with Crippen LogP contribution in [0.1, 0.15) is 27.0 Å². The predicted molar refractivity (Wildman–Crippen MR) is 88.9 cm³/mol. The van der Waals surface area contributed by atoms with Gasteiger partial charge in [0.25, 0.3) is 5.91 Å². The van der Waals surface area contributed by atoms with Gasteiger partial charge in [0.05, 0.1) is 5.56 Å². The largest absolute Gasteiger partial charge is 0.448 e. The van der Waals surface area contributed by atoms with E-state index in [1.54, 1.807) is 18.2 Å². The fourth-order valence-electron chi connectivity index (χ4n) is 2.59. The molecule has 0 saturated heterocycles. The van der Waals surface area contributed by atoms with Gasteiger partial charge < -0.3 is 10.1 Å². The quantitative estimate of drug-likeness (QED) is 0.855. The van der Waals surface area contributed by atoms with Crippen molar-refractivity contribution in [2.24, 2.45) is 0 Å². The molecule has 0 radical (unpaired) electrons. The molecule has 0 saturated carbocycles. The molecular weight excluding hydrogens is 314 g/mol. The SMILES string of the molecule is Cc1ccc(C)c(NC(=O)C2Cc3cc(Cl)ccc3C(=O)O2)c1. The van der Waals surface area contributed by atoms with Crippen molar-refractivity contribution < 1.29 is 14.3 Å². The zero-order valence-electron chi connectivity index (χ0n) is 12.9. The van der Waals surface area contributed by atoms with Gasteiger partial charge in [-0.05, 0) is 54.8 Å². The van der Waals surface area contributed by atoms with Crippen LogP contribution < -0.4 is 5.32 Å². The first kappa shape index (κ1) is 15.6. The van der Waals surface area contributed by atoms with Crippen molar-refractivity contribution in [3.63, 3.8) is 0 Å². The number of aryl methyl sites for hydroxylation is 2. The average molecular weight is 330 g/mol. The third kappa shape index (κ3) is 3.22. The summed E-state index contributed by atoms with van der Waals surface area (Å²) in [4.78, 5) is 24.5. The van der Waals surface area contributed by atoms with Gasteiger partial charge in [0.15, 0.2) is 6.10 Å². The second-order valence-electron chi connectivity index (χ2n) is 5.71. The minimum absolute atomic E-state index is 0.318. The minimum Gasteiger partial charge on any atom is -0.448 e. The lowest BCUT2D eigenvalue weighted by molar-refractivity contribution is -0.125. The van der Waals surface area contributed by atoms with Crippen molar-refractivity contribution in [1.82, 2.24) is 0 Å². The molecule has 1 amide bonds. The fraction of sp³-hybridized carbons (Fsp3) is 0.222. The number of hydrogen-bond donors (Lipinski definition) is 1. The highest BCUT2D eigenvalue weighted by Gasteiger charge is 2.31. The lowest BCUT2D eigenvalue weighted by Gasteiger charge is -2.24. The Hall–Kier alpha value is -2.33. The third-order valence-corrected chi connectivity index (χ3v) is 4.12. The van der Waals surface area contributed by atoms with Gasteiger partial charge in [-0.2, -0.15) is 0 Å². The number of carbonyl (C=O) groups is 2. The molecule has 3 rings (SSSR count). The van der Waals surface area contributed by atoms with Gasteiger partial charge in [-0.1, -0.05) is 23.7 Å². The van der Waals surface area contributed by atoms with Crippen molar-refractivity contribution in [2.75, 3.05) is 5.32 Å². The van der Waals surface area contributed by atoms with Crippen LogP contribution in [0.5, 0.6) is 0 Å². The van der Waals surface area contributed by atoms with Crippen LogP contribution in [0.3, 0.4) is 0 Å². The number of amides is 1. The van der Waals surface area contributed by atoms with E-state index in [0.29, 0.717) is 17.0 Å². The van der Waals surface area contributed by atoms with Crippen molar-refractivity contribution in [2.45, 2.75) is 26.4 Å². The van der Waals surface area contributed by atoms with E-state index in [1.807, 2.05) is 32.0 Å². The first-order chi connectivity index (χ1) is 10.9. The molecule has 1 unspecified atom stereocenters. The Labute approximate surface area is 139 Å². The molecule has 0 aliphatic carbocycles. The molecule has 1 aliphatic rings. The summed E-state index contributed by atoms with van der Waals surface area (Å²) in [5.74, 6) is -0.832. The van der Waals surface area contributed by atoms with Crippen molar-refractivity contribution in [1.29, 1.82) is 0 Å². The molecule has 5 heteroatoms. The van der Waals surface area contributed by atoms with E-state index in [-0.39, 0.29) is 5.91 Å². The zero-order valence-corrected chi connectivity index (χ0v) is 13.6. The van der Waals surface area contributed by atoms with E-state index < -0.39 is 12.1 Å². The highest BCUT2D eigenvalue weighted by atomic mass is 35.5. The summed E-state index contributed by atoms with van der Waals surface area (Å²) in [5.41, 5.74) is 3.92. The third-order valence-electron chi connectivity index (χ3n) is 3.89. The molecule has 4 nitrogen and oxygen atoms in total. The monoisotopic (exact) mass is 329 g/mol. The number of ether oxygens (including phenoxy) is 1. The van der Waals surface area contributed by atoms with Crippen LogP contribution in [0.4, 0.5) is 5.69 Å². The van der Waals surface area contributed by atoms with E-state index in [9.17, 15) is 9.59 Å². The maximum absolute atomic E-state index is 12.4. The van der Waals surface area contributed by atoms with Crippen LogP contribution in [-0.2, 0) is 16.0 Å². The molecule has 0 bridgehead atoms. The Morgan fingerprint density at radius 2 is 2.00 bits per heavy atom. The normalized spacial score (nSPS) is 16.5. The highest BCUT2D eigenvalue weighted by molar-refractivity contribution is 6.30. The number of esters is 1. The Morgan fingerprint density at radius 1 is 1.22 bits per heavy atom. The van der Waals surface area contributed by atoms with Gasteiger partial charge >= 0.3 is 5.97 Å². The molecule has 0 aromatic heterocycles. The molecule has 1 aliphatic heterocycles. The molecule has 23 heavy (non-hydrogen) atoms. The second kappa shape index (κ2) is 6.05. The van der Waals surface area contributed by atoms with Crippen molar-refractivity contribution >= 4 is 29.2 Å². The molecule has 2 aromatic carbocycles. The molecule has 1 N–H and O–H groups in total. The van der Waals surface area contributed by atoms with Gasteiger partial charge in [-0.15, -0.1) is 0 Å². The molecule has 118 valence electrons. The molecule has 1 atom stereocenters. The van der Waals surface area contributed by atoms with Gasteiger partial charge in [0.1, 0.15) is 0 Å². The number of halogens is 1. The number of carbonyl (C=O) groups excluding carboxylic acids is 2. The van der Waals surface area contributed by atoms with Crippen LogP contribution in [-0.4, -0.2) is 18.0 Å². The van der Waals surface area contributed by atoms with Crippen molar-refractivity contribution in [3.8, 4) is 0 Å². The predicted octanol–water partition coefficient (Wildman–Crippen LogP) is 3.68. The minimum atomic E-state index is -0.853. The number of fused-ring (bicyclic) bond motifs is 1. The maximum Gasteiger partial charge on any atom is 0.339 e. The van der Waals surface area contributed by atoms with E-state index in [1.165, 1.54) is 0 Å². The van der Waals surface area contributed by atoms with Gasteiger partial charge in [-0.3, -0.25) is 4.79 Å². The van der Waals surface area contributed by atoms with Crippen LogP contribution >= 0.6 is 11.6 Å². The first-order valence-electron chi connectivity index (χ1n) is 7.31. The highest BCUT2D eigenvalue weighted by Crippen LogP contribution is 2.25. The smallest absolute Gasteiger partial charge is 0.339 e. The van der Waals surface area contributed by atoms with Gasteiger partial charge in [0.2, 0.25) is 0 Å². The number of hydrogen-bond acceptors (Lipinski definition) is 3. The van der Waals surface area contributed by atoms with Crippen LogP contribution in [0, 0.1) is 13.8 Å². The summed E-state index contributed by atoms with van der Waals surface area (Å²) in [6.45, 7) is 3.87. The van der Waals surface area contributed by atoms with Crippen molar-refractivity contribution in [3.05, 3.63) is 63.7 Å². The summed E-state index contributed by atoms with van der Waals surface area (Å²) in [7, 11) is 0. The molecule has 0 fully saturated rings. The van der Waals surface area contributed by atoms with Crippen LogP contribution in [0.2, 0.25) is 5.02 Å². The molecule has 0 spiro atoms. The Balaban J connectivity index is 1.81. The summed E-state index contributed by atoms with van der Waals surface area (Å²) < 4.78 is 5.26. The lowest BCUT2D eigenvalue weighted by atomic mass is 9.98. The zero-order chi connectivity index (χ0) is 16.6. The summed E-state index contributed by atoms with van der Waals surface area (Å²) >= 11 is 5.97. The van der Waals surface area contributed by atoms with Crippen LogP contribution in [0.15, 0.2) is 36.4 Å². The fourth-order valence-corrected chi connectivity index (χ4v) is 2.79. The van der Waals surface area contributed by atoms with E-state index in [0.717, 1.165) is 22.4 Å². The van der Waals surface area contributed by atoms with E-state index >= 15 is 0 Å². The van der Waals surface area contributed by atoms with E-state index in [2.05, 4.69) is 5.32 Å². The van der Waals surface area contributed by atoms with E-state index in [4.69, 9.17) is 16.3 Å². The number of anilines is 1. The van der Waals surface area contributed by atoms with Gasteiger partial charge in [0, 0.05) is 17.1 Å². The summed E-state index contributed by atoms with van der Waals surface area (Å²) in [5, 5.41) is 3.37. The first-order valence-corrected chi connectivity index (χ1v) is 7.69.